The summed E-state index contributed by atoms with van der Waals surface area (Å²) in [6.45, 7) is 4.77. The van der Waals surface area contributed by atoms with Gasteiger partial charge in [0.05, 0.1) is 13.2 Å². The predicted octanol–water partition coefficient (Wildman–Crippen LogP) is 3.61. The van der Waals surface area contributed by atoms with Crippen molar-refractivity contribution >= 4 is 17.5 Å². The van der Waals surface area contributed by atoms with Crippen LogP contribution in [0.2, 0.25) is 5.22 Å². The Labute approximate surface area is 158 Å². The van der Waals surface area contributed by atoms with Gasteiger partial charge in [-0.15, -0.1) is 0 Å². The molecule has 6 heteroatoms. The van der Waals surface area contributed by atoms with Crippen molar-refractivity contribution in [1.82, 2.24) is 9.80 Å². The van der Waals surface area contributed by atoms with Crippen molar-refractivity contribution in [2.75, 3.05) is 32.8 Å². The van der Waals surface area contributed by atoms with E-state index in [0.29, 0.717) is 5.22 Å². The Bertz CT molecular complexity index is 789. The molecule has 1 fully saturated rings. The summed E-state index contributed by atoms with van der Waals surface area (Å²) in [4.78, 5) is 17.2. The van der Waals surface area contributed by atoms with Gasteiger partial charge in [-0.05, 0) is 66.8 Å². The van der Waals surface area contributed by atoms with Crippen LogP contribution in [0.4, 0.5) is 0 Å². The maximum atomic E-state index is 12.9. The Hall–Kier alpha value is -1.98. The monoisotopic (exact) mass is 374 g/mol. The molecule has 0 radical (unpaired) electrons. The summed E-state index contributed by atoms with van der Waals surface area (Å²) >= 11 is 5.85. The average Bonchev–Trinajstić information content (AvgIpc) is 2.93. The number of halogens is 1. The molecule has 1 saturated heterocycles. The largest absolute Gasteiger partial charge is 0.493 e. The first kappa shape index (κ1) is 17.4. The van der Waals surface area contributed by atoms with E-state index in [1.807, 2.05) is 29.2 Å². The molecular weight excluding hydrogens is 352 g/mol. The third-order valence-corrected chi connectivity index (χ3v) is 5.24. The van der Waals surface area contributed by atoms with E-state index >= 15 is 0 Å². The van der Waals surface area contributed by atoms with E-state index in [1.165, 1.54) is 0 Å². The Morgan fingerprint density at radius 1 is 1.08 bits per heavy atom. The molecule has 2 aliphatic heterocycles. The van der Waals surface area contributed by atoms with Gasteiger partial charge in [-0.3, -0.25) is 9.69 Å². The maximum absolute atomic E-state index is 12.9. The Morgan fingerprint density at radius 2 is 2.00 bits per heavy atom. The summed E-state index contributed by atoms with van der Waals surface area (Å²) in [6, 6.07) is 9.51. The predicted molar refractivity (Wildman–Crippen MR) is 99.8 cm³/mol. The summed E-state index contributed by atoms with van der Waals surface area (Å²) in [7, 11) is 0. The lowest BCUT2D eigenvalue weighted by atomic mass is 10.0. The van der Waals surface area contributed by atoms with Gasteiger partial charge >= 0.3 is 0 Å². The highest BCUT2D eigenvalue weighted by molar-refractivity contribution is 6.28. The number of carbonyl (C=O) groups excluding carboxylic acids is 1. The molecule has 0 saturated carbocycles. The summed E-state index contributed by atoms with van der Waals surface area (Å²) in [5.41, 5.74) is 1.91. The average molecular weight is 375 g/mol. The number of hydrogen-bond donors (Lipinski definition) is 0. The molecule has 1 amide bonds. The number of ether oxygens (including phenoxy) is 1. The molecule has 0 N–H and O–H groups in total. The fraction of sp³-hybridized carbons (Fsp3) is 0.450. The van der Waals surface area contributed by atoms with Crippen molar-refractivity contribution < 1.29 is 13.9 Å². The van der Waals surface area contributed by atoms with Crippen molar-refractivity contribution in [3.63, 3.8) is 0 Å². The molecule has 4 rings (SSSR count). The lowest BCUT2D eigenvalue weighted by Crippen LogP contribution is -2.35. The molecule has 0 bridgehead atoms. The molecule has 0 spiro atoms. The molecule has 3 heterocycles. The van der Waals surface area contributed by atoms with E-state index < -0.39 is 0 Å². The molecule has 2 aromatic rings. The Balaban J connectivity index is 1.39. The van der Waals surface area contributed by atoms with Crippen molar-refractivity contribution in [3.8, 4) is 5.75 Å². The lowest BCUT2D eigenvalue weighted by Gasteiger charge is -2.23. The fourth-order valence-corrected chi connectivity index (χ4v) is 3.83. The Morgan fingerprint density at radius 3 is 2.85 bits per heavy atom. The second kappa shape index (κ2) is 7.72. The van der Waals surface area contributed by atoms with Gasteiger partial charge in [0.25, 0.3) is 5.91 Å². The molecule has 1 aromatic carbocycles. The summed E-state index contributed by atoms with van der Waals surface area (Å²) < 4.78 is 11.1. The SMILES string of the molecule is O=C(c1ccc2c(c1)CCCO2)N1CCCN(Cc2ccc(Cl)o2)CC1. The van der Waals surface area contributed by atoms with Crippen LogP contribution in [0.15, 0.2) is 34.7 Å². The molecule has 5 nitrogen and oxygen atoms in total. The van der Waals surface area contributed by atoms with Crippen LogP contribution in [-0.4, -0.2) is 48.5 Å². The van der Waals surface area contributed by atoms with Gasteiger partial charge in [-0.1, -0.05) is 0 Å². The van der Waals surface area contributed by atoms with E-state index in [2.05, 4.69) is 4.90 Å². The smallest absolute Gasteiger partial charge is 0.253 e. The number of furan rings is 1. The van der Waals surface area contributed by atoms with E-state index in [9.17, 15) is 4.79 Å². The van der Waals surface area contributed by atoms with Gasteiger partial charge in [-0.2, -0.15) is 0 Å². The second-order valence-corrected chi connectivity index (χ2v) is 7.27. The van der Waals surface area contributed by atoms with Crippen LogP contribution in [0.1, 0.15) is 34.5 Å². The van der Waals surface area contributed by atoms with Gasteiger partial charge in [0.2, 0.25) is 0 Å². The molecule has 26 heavy (non-hydrogen) atoms. The van der Waals surface area contributed by atoms with Crippen molar-refractivity contribution in [2.24, 2.45) is 0 Å². The van der Waals surface area contributed by atoms with Crippen LogP contribution >= 0.6 is 11.6 Å². The third-order valence-electron chi connectivity index (χ3n) is 5.04. The second-order valence-electron chi connectivity index (χ2n) is 6.90. The number of aryl methyl sites for hydroxylation is 1. The zero-order chi connectivity index (χ0) is 17.9. The summed E-state index contributed by atoms with van der Waals surface area (Å²) in [5, 5.41) is 0.419. The zero-order valence-corrected chi connectivity index (χ0v) is 15.5. The summed E-state index contributed by atoms with van der Waals surface area (Å²) in [6.07, 6.45) is 2.95. The first-order valence-corrected chi connectivity index (χ1v) is 9.58. The third kappa shape index (κ3) is 3.89. The topological polar surface area (TPSA) is 45.9 Å². The Kier molecular flexibility index (Phi) is 5.18. The van der Waals surface area contributed by atoms with Gasteiger partial charge in [0.15, 0.2) is 5.22 Å². The van der Waals surface area contributed by atoms with E-state index in [1.54, 1.807) is 6.07 Å². The number of nitrogens with zero attached hydrogens (tertiary/aromatic N) is 2. The van der Waals surface area contributed by atoms with Crippen molar-refractivity contribution in [2.45, 2.75) is 25.8 Å². The van der Waals surface area contributed by atoms with Crippen molar-refractivity contribution in [1.29, 1.82) is 0 Å². The van der Waals surface area contributed by atoms with Crippen molar-refractivity contribution in [3.05, 3.63) is 52.4 Å². The number of fused-ring (bicyclic) bond motifs is 1. The fourth-order valence-electron chi connectivity index (χ4n) is 3.67. The number of benzene rings is 1. The van der Waals surface area contributed by atoms with E-state index in [-0.39, 0.29) is 5.91 Å². The molecule has 0 aliphatic carbocycles. The molecule has 2 aliphatic rings. The first-order chi connectivity index (χ1) is 12.7. The number of carbonyl (C=O) groups is 1. The van der Waals surface area contributed by atoms with Crippen LogP contribution in [-0.2, 0) is 13.0 Å². The van der Waals surface area contributed by atoms with E-state index in [4.69, 9.17) is 20.8 Å². The highest BCUT2D eigenvalue weighted by Crippen LogP contribution is 2.26. The normalized spacial score (nSPS) is 18.1. The minimum atomic E-state index is 0.112. The van der Waals surface area contributed by atoms with Gasteiger partial charge in [0.1, 0.15) is 11.5 Å². The number of rotatable bonds is 3. The van der Waals surface area contributed by atoms with Gasteiger partial charge in [-0.25, -0.2) is 0 Å². The number of amides is 1. The van der Waals surface area contributed by atoms with Gasteiger partial charge < -0.3 is 14.1 Å². The van der Waals surface area contributed by atoms with Gasteiger partial charge in [0, 0.05) is 31.7 Å². The summed E-state index contributed by atoms with van der Waals surface area (Å²) in [5.74, 6) is 1.90. The van der Waals surface area contributed by atoms with Crippen LogP contribution < -0.4 is 4.74 Å². The van der Waals surface area contributed by atoms with Crippen LogP contribution in [0, 0.1) is 0 Å². The minimum Gasteiger partial charge on any atom is -0.493 e. The van der Waals surface area contributed by atoms with E-state index in [0.717, 1.165) is 81.2 Å². The molecule has 1 aromatic heterocycles. The number of hydrogen-bond acceptors (Lipinski definition) is 4. The molecule has 138 valence electrons. The standard InChI is InChI=1S/C20H23ClN2O3/c21-19-7-5-17(26-19)14-22-8-2-9-23(11-10-22)20(24)16-4-6-18-15(13-16)3-1-12-25-18/h4-7,13H,1-3,8-12,14H2. The highest BCUT2D eigenvalue weighted by Gasteiger charge is 2.22. The van der Waals surface area contributed by atoms with Crippen LogP contribution in [0.25, 0.3) is 0 Å². The molecule has 0 unspecified atom stereocenters. The first-order valence-electron chi connectivity index (χ1n) is 9.20. The lowest BCUT2D eigenvalue weighted by molar-refractivity contribution is 0.0760. The highest BCUT2D eigenvalue weighted by atomic mass is 35.5. The maximum Gasteiger partial charge on any atom is 0.253 e. The van der Waals surface area contributed by atoms with Crippen LogP contribution in [0.3, 0.4) is 0 Å². The quantitative estimate of drug-likeness (QED) is 0.823. The van der Waals surface area contributed by atoms with Crippen LogP contribution in [0.5, 0.6) is 5.75 Å². The minimum absolute atomic E-state index is 0.112. The zero-order valence-electron chi connectivity index (χ0n) is 14.7. The molecule has 0 atom stereocenters. The molecular formula is C20H23ClN2O3.